The summed E-state index contributed by atoms with van der Waals surface area (Å²) in [6, 6.07) is 3.88. The molecule has 0 saturated heterocycles. The number of aromatic nitrogens is 1. The summed E-state index contributed by atoms with van der Waals surface area (Å²) in [4.78, 5) is 15.3. The van der Waals surface area contributed by atoms with Crippen molar-refractivity contribution in [2.45, 2.75) is 20.3 Å². The average Bonchev–Trinajstić information content (AvgIpc) is 2.37. The molecule has 5 nitrogen and oxygen atoms in total. The topological polar surface area (TPSA) is 63.2 Å². The minimum atomic E-state index is -0.518. The van der Waals surface area contributed by atoms with Crippen molar-refractivity contribution in [3.8, 4) is 0 Å². The summed E-state index contributed by atoms with van der Waals surface area (Å²) >= 11 is 4.99. The zero-order valence-corrected chi connectivity index (χ0v) is 12.0. The Morgan fingerprint density at radius 3 is 2.74 bits per heavy atom. The lowest BCUT2D eigenvalue weighted by Crippen LogP contribution is -2.40. The third-order valence-electron chi connectivity index (χ3n) is 2.21. The van der Waals surface area contributed by atoms with Crippen LogP contribution in [0.25, 0.3) is 0 Å². The molecule has 0 aromatic carbocycles. The Morgan fingerprint density at radius 2 is 2.11 bits per heavy atom. The first-order valence-electron chi connectivity index (χ1n) is 6.18. The van der Waals surface area contributed by atoms with Crippen LogP contribution in [-0.2, 0) is 11.2 Å². The van der Waals surface area contributed by atoms with Gasteiger partial charge in [-0.2, -0.15) is 0 Å². The van der Waals surface area contributed by atoms with Crippen LogP contribution in [0, 0.1) is 5.92 Å². The molecule has 1 rings (SSSR count). The predicted molar refractivity (Wildman–Crippen MR) is 77.9 cm³/mol. The van der Waals surface area contributed by atoms with Crippen LogP contribution in [0.5, 0.6) is 0 Å². The average molecular weight is 281 g/mol. The normalized spacial score (nSPS) is 10.1. The van der Waals surface area contributed by atoms with Gasteiger partial charge in [0, 0.05) is 18.9 Å². The molecule has 0 fully saturated rings. The van der Waals surface area contributed by atoms with Crippen molar-refractivity contribution in [3.63, 3.8) is 0 Å². The molecule has 0 aliphatic heterocycles. The second kappa shape index (κ2) is 8.42. The van der Waals surface area contributed by atoms with Gasteiger partial charge in [0.2, 0.25) is 0 Å². The third-order valence-corrected chi connectivity index (χ3v) is 2.46. The Hall–Kier alpha value is -1.69. The van der Waals surface area contributed by atoms with Crippen molar-refractivity contribution in [1.29, 1.82) is 0 Å². The maximum Gasteiger partial charge on any atom is 0.413 e. The van der Waals surface area contributed by atoms with Crippen LogP contribution in [0.1, 0.15) is 19.4 Å². The quantitative estimate of drug-likeness (QED) is 0.807. The maximum atomic E-state index is 11.3. The number of nitrogens with one attached hydrogen (secondary N) is 2. The van der Waals surface area contributed by atoms with Crippen molar-refractivity contribution in [2.24, 2.45) is 5.92 Å². The molecule has 2 N–H and O–H groups in total. The fraction of sp³-hybridized carbons (Fsp3) is 0.462. The zero-order chi connectivity index (χ0) is 14.1. The number of alkyl carbamates (subject to hydrolysis) is 1. The number of nitrogens with zero attached hydrogens (tertiary/aromatic N) is 1. The highest BCUT2D eigenvalue weighted by atomic mass is 32.1. The molecular formula is C13H19N3O2S. The fourth-order valence-electron chi connectivity index (χ4n) is 1.29. The molecule has 104 valence electrons. The van der Waals surface area contributed by atoms with E-state index >= 15 is 0 Å². The van der Waals surface area contributed by atoms with E-state index in [2.05, 4.69) is 15.6 Å². The molecule has 0 aliphatic carbocycles. The van der Waals surface area contributed by atoms with E-state index in [1.54, 1.807) is 12.4 Å². The molecule has 0 atom stereocenters. The Balaban J connectivity index is 2.16. The summed E-state index contributed by atoms with van der Waals surface area (Å²) in [5, 5.41) is 5.70. The Morgan fingerprint density at radius 1 is 1.42 bits per heavy atom. The Labute approximate surface area is 118 Å². The number of pyridine rings is 1. The molecule has 0 spiro atoms. The predicted octanol–water partition coefficient (Wildman–Crippen LogP) is 1.88. The van der Waals surface area contributed by atoms with Crippen LogP contribution < -0.4 is 10.6 Å². The molecular weight excluding hydrogens is 262 g/mol. The van der Waals surface area contributed by atoms with Crippen LogP contribution in [0.2, 0.25) is 0 Å². The Bertz CT molecular complexity index is 410. The van der Waals surface area contributed by atoms with E-state index in [-0.39, 0.29) is 5.11 Å². The van der Waals surface area contributed by atoms with Gasteiger partial charge in [0.1, 0.15) is 0 Å². The minimum Gasteiger partial charge on any atom is -0.449 e. The summed E-state index contributed by atoms with van der Waals surface area (Å²) in [5.41, 5.74) is 1.16. The second-order valence-electron chi connectivity index (χ2n) is 4.48. The van der Waals surface area contributed by atoms with Gasteiger partial charge in [0.25, 0.3) is 0 Å². The van der Waals surface area contributed by atoms with Crippen molar-refractivity contribution in [3.05, 3.63) is 30.1 Å². The van der Waals surface area contributed by atoms with Gasteiger partial charge in [-0.3, -0.25) is 10.3 Å². The monoisotopic (exact) mass is 281 g/mol. The summed E-state index contributed by atoms with van der Waals surface area (Å²) in [6.45, 7) is 4.97. The van der Waals surface area contributed by atoms with E-state index in [4.69, 9.17) is 17.0 Å². The SMILES string of the molecule is CC(C)COC(=O)NC(=S)NCCc1ccncc1. The summed E-state index contributed by atoms with van der Waals surface area (Å²) < 4.78 is 4.95. The van der Waals surface area contributed by atoms with Gasteiger partial charge in [-0.15, -0.1) is 0 Å². The highest BCUT2D eigenvalue weighted by molar-refractivity contribution is 7.80. The lowest BCUT2D eigenvalue weighted by atomic mass is 10.2. The molecule has 0 radical (unpaired) electrons. The molecule has 0 saturated carbocycles. The second-order valence-corrected chi connectivity index (χ2v) is 4.89. The van der Waals surface area contributed by atoms with Gasteiger partial charge in [0.15, 0.2) is 5.11 Å². The molecule has 1 aromatic heterocycles. The zero-order valence-electron chi connectivity index (χ0n) is 11.2. The highest BCUT2D eigenvalue weighted by Crippen LogP contribution is 1.96. The van der Waals surface area contributed by atoms with Gasteiger partial charge in [-0.1, -0.05) is 13.8 Å². The molecule has 19 heavy (non-hydrogen) atoms. The molecule has 6 heteroatoms. The number of hydrogen-bond donors (Lipinski definition) is 2. The van der Waals surface area contributed by atoms with Crippen LogP contribution in [-0.4, -0.2) is 29.3 Å². The smallest absolute Gasteiger partial charge is 0.413 e. The maximum absolute atomic E-state index is 11.3. The molecule has 1 amide bonds. The van der Waals surface area contributed by atoms with Crippen LogP contribution in [0.3, 0.4) is 0 Å². The van der Waals surface area contributed by atoms with E-state index < -0.39 is 6.09 Å². The van der Waals surface area contributed by atoms with Gasteiger partial charge in [-0.25, -0.2) is 4.79 Å². The van der Waals surface area contributed by atoms with Crippen molar-refractivity contribution >= 4 is 23.4 Å². The molecule has 0 unspecified atom stereocenters. The minimum absolute atomic E-state index is 0.280. The lowest BCUT2D eigenvalue weighted by Gasteiger charge is -2.11. The number of amides is 1. The van der Waals surface area contributed by atoms with Crippen LogP contribution in [0.4, 0.5) is 4.79 Å². The first kappa shape index (κ1) is 15.4. The van der Waals surface area contributed by atoms with Crippen molar-refractivity contribution in [2.75, 3.05) is 13.2 Å². The summed E-state index contributed by atoms with van der Waals surface area (Å²) in [7, 11) is 0. The Kier molecular flexibility index (Phi) is 6.81. The highest BCUT2D eigenvalue weighted by Gasteiger charge is 2.05. The number of carbonyl (C=O) groups is 1. The van der Waals surface area contributed by atoms with E-state index in [1.807, 2.05) is 26.0 Å². The van der Waals surface area contributed by atoms with Gasteiger partial charge >= 0.3 is 6.09 Å². The van der Waals surface area contributed by atoms with Gasteiger partial charge < -0.3 is 10.1 Å². The van der Waals surface area contributed by atoms with E-state index in [0.29, 0.717) is 19.1 Å². The van der Waals surface area contributed by atoms with Gasteiger partial charge in [-0.05, 0) is 42.3 Å². The number of rotatable bonds is 5. The van der Waals surface area contributed by atoms with Gasteiger partial charge in [0.05, 0.1) is 6.61 Å². The van der Waals surface area contributed by atoms with E-state index in [9.17, 15) is 4.79 Å². The van der Waals surface area contributed by atoms with E-state index in [0.717, 1.165) is 12.0 Å². The third kappa shape index (κ3) is 7.35. The first-order chi connectivity index (χ1) is 9.08. The number of carbonyl (C=O) groups excluding carboxylic acids is 1. The van der Waals surface area contributed by atoms with E-state index in [1.165, 1.54) is 0 Å². The fourth-order valence-corrected chi connectivity index (χ4v) is 1.47. The lowest BCUT2D eigenvalue weighted by molar-refractivity contribution is 0.138. The van der Waals surface area contributed by atoms with Crippen LogP contribution >= 0.6 is 12.2 Å². The standard InChI is InChI=1S/C13H19N3O2S/c1-10(2)9-18-13(17)16-12(19)15-8-5-11-3-6-14-7-4-11/h3-4,6-7,10H,5,8-9H2,1-2H3,(H2,15,16,17,19). The molecule has 0 aliphatic rings. The molecule has 1 heterocycles. The molecule has 0 bridgehead atoms. The number of ether oxygens (including phenoxy) is 1. The largest absolute Gasteiger partial charge is 0.449 e. The number of hydrogen-bond acceptors (Lipinski definition) is 4. The molecule has 1 aromatic rings. The number of thiocarbonyl (C=S) groups is 1. The van der Waals surface area contributed by atoms with Crippen molar-refractivity contribution < 1.29 is 9.53 Å². The summed E-state index contributed by atoms with van der Waals surface area (Å²) in [5.74, 6) is 0.305. The first-order valence-corrected chi connectivity index (χ1v) is 6.59. The van der Waals surface area contributed by atoms with Crippen molar-refractivity contribution in [1.82, 2.24) is 15.6 Å². The van der Waals surface area contributed by atoms with Crippen LogP contribution in [0.15, 0.2) is 24.5 Å². The summed E-state index contributed by atoms with van der Waals surface area (Å²) in [6.07, 6.45) is 3.78.